The van der Waals surface area contributed by atoms with Crippen molar-refractivity contribution in [1.29, 1.82) is 0 Å². The van der Waals surface area contributed by atoms with Crippen LogP contribution >= 0.6 is 38.6 Å². The Labute approximate surface area is 82.2 Å². The van der Waals surface area contributed by atoms with Gasteiger partial charge >= 0.3 is 0 Å². The van der Waals surface area contributed by atoms with Crippen molar-refractivity contribution in [2.45, 2.75) is 0 Å². The average molecular weight is 454 g/mol. The molecule has 0 heterocycles. The van der Waals surface area contributed by atoms with E-state index in [0.717, 1.165) is 0 Å². The van der Waals surface area contributed by atoms with Crippen molar-refractivity contribution in [3.63, 3.8) is 0 Å². The Bertz CT molecular complexity index is 11.6. The second-order valence-electron chi connectivity index (χ2n) is 0. The largest absolute Gasteiger partial charge is 0.197 e. The van der Waals surface area contributed by atoms with E-state index in [4.69, 9.17) is 0 Å². The quantitative estimate of drug-likeness (QED) is 0.489. The van der Waals surface area contributed by atoms with Gasteiger partial charge in [0.2, 0.25) is 0 Å². The SMILES string of the molecule is ClBr.S.[Ag].[Au]. The van der Waals surface area contributed by atoms with E-state index < -0.39 is 0 Å². The molecular weight excluding hydrogens is 452 g/mol. The van der Waals surface area contributed by atoms with Crippen LogP contribution in [-0.2, 0) is 44.8 Å². The van der Waals surface area contributed by atoms with Gasteiger partial charge in [-0.05, 0) is 10.1 Å². The van der Waals surface area contributed by atoms with Crippen molar-refractivity contribution in [1.82, 2.24) is 0 Å². The molecule has 5 heteroatoms. The third kappa shape index (κ3) is 20.7. The maximum absolute atomic E-state index is 4.45. The summed E-state index contributed by atoms with van der Waals surface area (Å²) < 4.78 is 0. The second-order valence-corrected chi connectivity index (χ2v) is 0. The van der Waals surface area contributed by atoms with Gasteiger partial charge < -0.3 is 0 Å². The van der Waals surface area contributed by atoms with Crippen LogP contribution in [0.5, 0.6) is 0 Å². The Morgan fingerprint density at radius 3 is 1.20 bits per heavy atom. The Morgan fingerprint density at radius 2 is 1.20 bits per heavy atom. The first-order valence-electron chi connectivity index (χ1n) is 0.143. The second kappa shape index (κ2) is 30.6. The van der Waals surface area contributed by atoms with E-state index in [9.17, 15) is 0 Å². The van der Waals surface area contributed by atoms with Gasteiger partial charge in [0.25, 0.3) is 0 Å². The minimum absolute atomic E-state index is 0. The maximum atomic E-state index is 4.45. The van der Waals surface area contributed by atoms with Crippen molar-refractivity contribution < 1.29 is 44.8 Å². The monoisotopic (exact) mass is 452 g/mol. The fraction of sp³-hybridized carbons (Fsp3) is 0. The van der Waals surface area contributed by atoms with E-state index in [0.29, 0.717) is 0 Å². The van der Waals surface area contributed by atoms with Crippen LogP contribution < -0.4 is 0 Å². The Kier molecular flexibility index (Phi) is 156. The number of hydrogen-bond donors (Lipinski definition) is 0. The first-order valence-corrected chi connectivity index (χ1v) is 2.23. The van der Waals surface area contributed by atoms with Crippen LogP contribution in [0, 0.1) is 0 Å². The summed E-state index contributed by atoms with van der Waals surface area (Å²) in [6, 6.07) is 0. The van der Waals surface area contributed by atoms with Gasteiger partial charge in [-0.15, -0.1) is 0 Å². The van der Waals surface area contributed by atoms with E-state index >= 15 is 0 Å². The van der Waals surface area contributed by atoms with Gasteiger partial charge in [0.15, 0.2) is 0 Å². The Morgan fingerprint density at radius 1 is 1.20 bits per heavy atom. The Hall–Kier alpha value is 2.60. The molecule has 0 bridgehead atoms. The summed E-state index contributed by atoms with van der Waals surface area (Å²) in [6.45, 7) is 0. The summed E-state index contributed by atoms with van der Waals surface area (Å²) in [4.78, 5) is 0. The van der Waals surface area contributed by atoms with Gasteiger partial charge in [0.05, 0.1) is 0 Å². The minimum Gasteiger partial charge on any atom is -0.197 e. The molecule has 0 amide bonds. The van der Waals surface area contributed by atoms with E-state index in [2.05, 4.69) is 25.1 Å². The van der Waals surface area contributed by atoms with Gasteiger partial charge in [-0.2, -0.15) is 13.5 Å². The minimum atomic E-state index is 0. The molecule has 0 atom stereocenters. The van der Waals surface area contributed by atoms with Crippen LogP contribution in [0.2, 0.25) is 0 Å². The maximum Gasteiger partial charge on any atom is 0.0341 e. The zero-order chi connectivity index (χ0) is 2.00. The first kappa shape index (κ1) is 25.5. The molecule has 0 aromatic heterocycles. The van der Waals surface area contributed by atoms with Gasteiger partial charge in [0, 0.05) is 59.8 Å². The summed E-state index contributed by atoms with van der Waals surface area (Å²) >= 11 is 2.41. The summed E-state index contributed by atoms with van der Waals surface area (Å²) in [5.74, 6) is 0. The normalized spacial score (nSPS) is 1.20. The summed E-state index contributed by atoms with van der Waals surface area (Å²) in [7, 11) is 4.45. The van der Waals surface area contributed by atoms with Crippen molar-refractivity contribution in [3.05, 3.63) is 0 Å². The van der Waals surface area contributed by atoms with E-state index in [-0.39, 0.29) is 58.3 Å². The van der Waals surface area contributed by atoms with Crippen LogP contribution in [0.15, 0.2) is 0 Å². The molecule has 0 aliphatic carbocycles. The van der Waals surface area contributed by atoms with Crippen LogP contribution in [0.4, 0.5) is 0 Å². The predicted octanol–water partition coefficient (Wildman–Crippen LogP) is 1.64. The van der Waals surface area contributed by atoms with E-state index in [1.165, 1.54) is 0 Å². The molecule has 5 heavy (non-hydrogen) atoms. The number of rotatable bonds is 0. The van der Waals surface area contributed by atoms with E-state index in [1.807, 2.05) is 0 Å². The van der Waals surface area contributed by atoms with E-state index in [1.54, 1.807) is 0 Å². The van der Waals surface area contributed by atoms with Crippen molar-refractivity contribution in [3.8, 4) is 0 Å². The topological polar surface area (TPSA) is 0 Å². The van der Waals surface area contributed by atoms with Crippen molar-refractivity contribution in [2.75, 3.05) is 0 Å². The molecule has 0 saturated carbocycles. The van der Waals surface area contributed by atoms with Gasteiger partial charge in [-0.3, -0.25) is 0 Å². The number of hydrogen-bond acceptors (Lipinski definition) is 0. The summed E-state index contributed by atoms with van der Waals surface area (Å²) in [6.07, 6.45) is 0. The predicted molar refractivity (Wildman–Crippen MR) is 25.2 cm³/mol. The zero-order valence-electron chi connectivity index (χ0n) is 1.86. The molecule has 0 fully saturated rings. The molecule has 0 N–H and O–H groups in total. The third-order valence-corrected chi connectivity index (χ3v) is 0. The van der Waals surface area contributed by atoms with Crippen LogP contribution in [0.3, 0.4) is 0 Å². The molecule has 0 aromatic rings. The number of halogens is 2. The zero-order valence-corrected chi connectivity index (χ0v) is 8.85. The smallest absolute Gasteiger partial charge is 0.0341 e. The molecule has 0 aliphatic heterocycles. The van der Waals surface area contributed by atoms with Crippen LogP contribution in [-0.4, -0.2) is 0 Å². The average Bonchev–Trinajstić information content (AvgIpc) is 1.00. The van der Waals surface area contributed by atoms with Crippen molar-refractivity contribution >= 4 is 38.6 Å². The molecule has 0 aromatic carbocycles. The summed E-state index contributed by atoms with van der Waals surface area (Å²) in [5, 5.41) is 0. The van der Waals surface area contributed by atoms with Gasteiger partial charge in [-0.1, -0.05) is 0 Å². The third-order valence-electron chi connectivity index (χ3n) is 0. The molecular formula is H2AgAuBrClS. The molecule has 0 nitrogen and oxygen atoms in total. The standard InChI is InChI=1S/Ag.Au.BrCl.H2S/c;;1-2;/h;;;1H2. The fourth-order valence-electron chi connectivity index (χ4n) is 0. The molecule has 0 aliphatic rings. The van der Waals surface area contributed by atoms with Crippen LogP contribution in [0.1, 0.15) is 0 Å². The van der Waals surface area contributed by atoms with Gasteiger partial charge in [-0.25, -0.2) is 0 Å². The molecule has 0 saturated heterocycles. The molecule has 0 unspecified atom stereocenters. The Balaban J connectivity index is -0.00000000167. The molecule has 0 rings (SSSR count). The summed E-state index contributed by atoms with van der Waals surface area (Å²) in [5.41, 5.74) is 0. The molecule has 2 radical (unpaired) electrons. The fourth-order valence-corrected chi connectivity index (χ4v) is 0. The molecule has 0 spiro atoms. The first-order chi connectivity index (χ1) is 1.00. The van der Waals surface area contributed by atoms with Crippen molar-refractivity contribution in [2.24, 2.45) is 0 Å². The van der Waals surface area contributed by atoms with Crippen LogP contribution in [0.25, 0.3) is 0 Å². The molecule has 44 valence electrons. The van der Waals surface area contributed by atoms with Gasteiger partial charge in [0.1, 0.15) is 0 Å².